The maximum atomic E-state index is 11.4. The van der Waals surface area contributed by atoms with Crippen LogP contribution in [0.4, 0.5) is 0 Å². The molecule has 0 bridgehead atoms. The molecule has 1 atom stereocenters. The molecule has 2 fully saturated rings. The lowest BCUT2D eigenvalue weighted by molar-refractivity contribution is -0.109. The summed E-state index contributed by atoms with van der Waals surface area (Å²) in [6, 6.07) is 0.428. The van der Waals surface area contributed by atoms with Gasteiger partial charge in [-0.15, -0.1) is 0 Å². The molecule has 1 aliphatic heterocycles. The molecule has 2 N–H and O–H groups in total. The summed E-state index contributed by atoms with van der Waals surface area (Å²) in [6.07, 6.45) is 9.50. The molecule has 0 radical (unpaired) electrons. The summed E-state index contributed by atoms with van der Waals surface area (Å²) in [5.41, 5.74) is -0.381. The molecule has 6 heteroatoms. The van der Waals surface area contributed by atoms with Crippen molar-refractivity contribution < 1.29 is 13.2 Å². The molecule has 1 heterocycles. The number of ether oxygens (including phenoxy) is 1. The SMILES string of the molecule is CC(C)(CNC1CCOC2(CCCCC2)C1)NS(C)(=O)=O. The quantitative estimate of drug-likeness (QED) is 0.811. The Morgan fingerprint density at radius 1 is 1.24 bits per heavy atom. The van der Waals surface area contributed by atoms with Crippen LogP contribution in [-0.2, 0) is 14.8 Å². The smallest absolute Gasteiger partial charge is 0.209 e. The van der Waals surface area contributed by atoms with Gasteiger partial charge in [0.2, 0.25) is 10.0 Å². The number of hydrogen-bond acceptors (Lipinski definition) is 4. The molecule has 0 aromatic heterocycles. The Bertz CT molecular complexity index is 436. The highest BCUT2D eigenvalue weighted by Crippen LogP contribution is 2.38. The molecule has 1 spiro atoms. The largest absolute Gasteiger partial charge is 0.375 e. The molecule has 2 aliphatic rings. The summed E-state index contributed by atoms with van der Waals surface area (Å²) < 4.78 is 31.5. The summed E-state index contributed by atoms with van der Waals surface area (Å²) in [4.78, 5) is 0. The Kier molecular flexibility index (Phi) is 5.34. The molecule has 1 aliphatic carbocycles. The minimum absolute atomic E-state index is 0.0859. The minimum atomic E-state index is -3.18. The fraction of sp³-hybridized carbons (Fsp3) is 1.00. The number of hydrogen-bond donors (Lipinski definition) is 2. The molecule has 1 saturated heterocycles. The third kappa shape index (κ3) is 5.51. The van der Waals surface area contributed by atoms with Gasteiger partial charge in [0.15, 0.2) is 0 Å². The third-order valence-electron chi connectivity index (χ3n) is 4.55. The van der Waals surface area contributed by atoms with Crippen LogP contribution < -0.4 is 10.0 Å². The minimum Gasteiger partial charge on any atom is -0.375 e. The summed E-state index contributed by atoms with van der Waals surface area (Å²) in [5.74, 6) is 0. The van der Waals surface area contributed by atoms with E-state index in [1.807, 2.05) is 13.8 Å². The van der Waals surface area contributed by atoms with E-state index in [1.165, 1.54) is 38.4 Å². The highest BCUT2D eigenvalue weighted by atomic mass is 32.2. The topological polar surface area (TPSA) is 67.4 Å². The average molecular weight is 318 g/mol. The van der Waals surface area contributed by atoms with Crippen LogP contribution >= 0.6 is 0 Å². The lowest BCUT2D eigenvalue weighted by atomic mass is 9.78. The van der Waals surface area contributed by atoms with E-state index in [1.54, 1.807) is 0 Å². The predicted molar refractivity (Wildman–Crippen MR) is 84.9 cm³/mol. The first-order valence-electron chi connectivity index (χ1n) is 8.06. The van der Waals surface area contributed by atoms with Crippen molar-refractivity contribution in [1.29, 1.82) is 0 Å². The van der Waals surface area contributed by atoms with Gasteiger partial charge in [-0.05, 0) is 39.5 Å². The Balaban J connectivity index is 1.85. The number of nitrogens with one attached hydrogen (secondary N) is 2. The second-order valence-corrected chi connectivity index (χ2v) is 9.17. The van der Waals surface area contributed by atoms with E-state index in [2.05, 4.69) is 10.0 Å². The van der Waals surface area contributed by atoms with E-state index >= 15 is 0 Å². The van der Waals surface area contributed by atoms with Crippen molar-refractivity contribution in [3.05, 3.63) is 0 Å². The highest BCUT2D eigenvalue weighted by molar-refractivity contribution is 7.88. The fourth-order valence-corrected chi connectivity index (χ4v) is 4.76. The predicted octanol–water partition coefficient (Wildman–Crippen LogP) is 1.79. The van der Waals surface area contributed by atoms with Gasteiger partial charge < -0.3 is 10.1 Å². The molecular formula is C15H30N2O3S. The monoisotopic (exact) mass is 318 g/mol. The van der Waals surface area contributed by atoms with Gasteiger partial charge in [-0.3, -0.25) is 0 Å². The van der Waals surface area contributed by atoms with Gasteiger partial charge in [0, 0.05) is 24.7 Å². The van der Waals surface area contributed by atoms with Crippen LogP contribution in [0.1, 0.15) is 58.8 Å². The van der Waals surface area contributed by atoms with Crippen molar-refractivity contribution >= 4 is 10.0 Å². The van der Waals surface area contributed by atoms with Gasteiger partial charge in [0.1, 0.15) is 0 Å². The molecule has 0 aromatic rings. The third-order valence-corrected chi connectivity index (χ3v) is 5.48. The molecule has 5 nitrogen and oxygen atoms in total. The van der Waals surface area contributed by atoms with Crippen LogP contribution in [0, 0.1) is 0 Å². The summed E-state index contributed by atoms with van der Waals surface area (Å²) >= 11 is 0. The molecule has 1 saturated carbocycles. The van der Waals surface area contributed by atoms with Crippen molar-refractivity contribution in [3.8, 4) is 0 Å². The first-order chi connectivity index (χ1) is 9.70. The van der Waals surface area contributed by atoms with E-state index in [0.29, 0.717) is 12.6 Å². The first-order valence-corrected chi connectivity index (χ1v) is 9.95. The molecular weight excluding hydrogens is 288 g/mol. The van der Waals surface area contributed by atoms with Gasteiger partial charge in [-0.25, -0.2) is 13.1 Å². The Morgan fingerprint density at radius 2 is 1.90 bits per heavy atom. The number of rotatable bonds is 5. The highest BCUT2D eigenvalue weighted by Gasteiger charge is 2.38. The average Bonchev–Trinajstić information content (AvgIpc) is 2.35. The normalized spacial score (nSPS) is 26.9. The molecule has 0 amide bonds. The van der Waals surface area contributed by atoms with E-state index in [0.717, 1.165) is 19.4 Å². The van der Waals surface area contributed by atoms with Crippen molar-refractivity contribution in [3.63, 3.8) is 0 Å². The van der Waals surface area contributed by atoms with Crippen LogP contribution in [0.5, 0.6) is 0 Å². The van der Waals surface area contributed by atoms with Crippen molar-refractivity contribution in [2.75, 3.05) is 19.4 Å². The van der Waals surface area contributed by atoms with Gasteiger partial charge in [0.25, 0.3) is 0 Å². The molecule has 2 rings (SSSR count). The van der Waals surface area contributed by atoms with Crippen LogP contribution in [0.2, 0.25) is 0 Å². The number of sulfonamides is 1. The van der Waals surface area contributed by atoms with Gasteiger partial charge >= 0.3 is 0 Å². The van der Waals surface area contributed by atoms with E-state index < -0.39 is 15.6 Å². The molecule has 124 valence electrons. The first kappa shape index (κ1) is 17.2. The van der Waals surface area contributed by atoms with E-state index in [4.69, 9.17) is 4.74 Å². The van der Waals surface area contributed by atoms with Crippen molar-refractivity contribution in [1.82, 2.24) is 10.0 Å². The summed E-state index contributed by atoms with van der Waals surface area (Å²) in [7, 11) is -3.18. The van der Waals surface area contributed by atoms with Crippen LogP contribution in [0.25, 0.3) is 0 Å². The zero-order valence-corrected chi connectivity index (χ0v) is 14.4. The lowest BCUT2D eigenvalue weighted by Gasteiger charge is -2.44. The molecule has 21 heavy (non-hydrogen) atoms. The maximum Gasteiger partial charge on any atom is 0.209 e. The zero-order valence-electron chi connectivity index (χ0n) is 13.6. The maximum absolute atomic E-state index is 11.4. The zero-order chi connectivity index (χ0) is 15.6. The van der Waals surface area contributed by atoms with E-state index in [-0.39, 0.29) is 5.60 Å². The Hall–Kier alpha value is -0.170. The molecule has 1 unspecified atom stereocenters. The standard InChI is InChI=1S/C15H30N2O3S/c1-14(2,17-21(3,18)19)12-16-13-7-10-20-15(11-13)8-5-4-6-9-15/h13,16-17H,4-12H2,1-3H3. The molecule has 0 aromatic carbocycles. The van der Waals surface area contributed by atoms with Crippen LogP contribution in [-0.4, -0.2) is 45.0 Å². The Morgan fingerprint density at radius 3 is 2.52 bits per heavy atom. The van der Waals surface area contributed by atoms with Crippen molar-refractivity contribution in [2.24, 2.45) is 0 Å². The fourth-order valence-electron chi connectivity index (χ4n) is 3.68. The summed E-state index contributed by atoms with van der Waals surface area (Å²) in [5, 5.41) is 3.55. The Labute approximate surface area is 129 Å². The summed E-state index contributed by atoms with van der Waals surface area (Å²) in [6.45, 7) is 5.28. The van der Waals surface area contributed by atoms with Gasteiger partial charge in [-0.2, -0.15) is 0 Å². The van der Waals surface area contributed by atoms with Gasteiger partial charge in [-0.1, -0.05) is 19.3 Å². The second-order valence-electron chi connectivity index (χ2n) is 7.42. The van der Waals surface area contributed by atoms with Crippen molar-refractivity contribution in [2.45, 2.75) is 76.0 Å². The lowest BCUT2D eigenvalue weighted by Crippen LogP contribution is -2.54. The van der Waals surface area contributed by atoms with Crippen LogP contribution in [0.15, 0.2) is 0 Å². The second kappa shape index (κ2) is 6.52. The van der Waals surface area contributed by atoms with Crippen LogP contribution in [0.3, 0.4) is 0 Å². The van der Waals surface area contributed by atoms with Gasteiger partial charge in [0.05, 0.1) is 11.9 Å². The van der Waals surface area contributed by atoms with E-state index in [9.17, 15) is 8.42 Å².